The smallest absolute Gasteiger partial charge is 0.413 e. The van der Waals surface area contributed by atoms with E-state index in [1.54, 1.807) is 26.8 Å². The van der Waals surface area contributed by atoms with Gasteiger partial charge < -0.3 is 9.16 Å². The first-order valence-electron chi connectivity index (χ1n) is 8.01. The zero-order chi connectivity index (χ0) is 18.8. The van der Waals surface area contributed by atoms with Gasteiger partial charge in [0, 0.05) is 5.56 Å². The minimum absolute atomic E-state index is 0.103. The molecule has 7 heteroatoms. The van der Waals surface area contributed by atoms with Gasteiger partial charge in [-0.1, -0.05) is 32.4 Å². The maximum atomic E-state index is 12.0. The fraction of sp³-hybridized carbons (Fsp3) is 0.647. The fourth-order valence-corrected chi connectivity index (χ4v) is 2.66. The average molecular weight is 373 g/mol. The Bertz CT molecular complexity index is 592. The van der Waals surface area contributed by atoms with Crippen molar-refractivity contribution in [3.05, 3.63) is 22.8 Å². The number of carbonyl (C=O) groups excluding carboxylic acids is 1. The Balaban J connectivity index is 2.91. The SMILES string of the molecule is CC(C)(C)OC(=O)Nc1nc(Cl)ccc1CO[Si](C)(C)C(C)(C)C. The fourth-order valence-electron chi connectivity index (χ4n) is 1.56. The number of rotatable bonds is 4. The molecule has 0 saturated heterocycles. The number of hydrogen-bond donors (Lipinski definition) is 1. The zero-order valence-electron chi connectivity index (χ0n) is 15.9. The number of anilines is 1. The second-order valence-electron chi connectivity index (χ2n) is 8.32. The molecule has 1 N–H and O–H groups in total. The van der Waals surface area contributed by atoms with Crippen molar-refractivity contribution < 1.29 is 14.0 Å². The topological polar surface area (TPSA) is 60.5 Å². The molecule has 0 fully saturated rings. The lowest BCUT2D eigenvalue weighted by Gasteiger charge is -2.36. The number of carbonyl (C=O) groups is 1. The molecule has 0 radical (unpaired) electrons. The zero-order valence-corrected chi connectivity index (χ0v) is 17.7. The first-order chi connectivity index (χ1) is 10.7. The molecular weight excluding hydrogens is 344 g/mol. The molecule has 0 atom stereocenters. The first-order valence-corrected chi connectivity index (χ1v) is 11.3. The lowest BCUT2D eigenvalue weighted by Crippen LogP contribution is -2.40. The molecule has 0 bridgehead atoms. The molecule has 0 aromatic carbocycles. The van der Waals surface area contributed by atoms with Crippen molar-refractivity contribution in [1.82, 2.24) is 4.98 Å². The molecule has 0 aliphatic rings. The summed E-state index contributed by atoms with van der Waals surface area (Å²) in [7, 11) is -1.91. The average Bonchev–Trinajstić information content (AvgIpc) is 2.33. The van der Waals surface area contributed by atoms with Crippen LogP contribution in [0.25, 0.3) is 0 Å². The van der Waals surface area contributed by atoms with E-state index in [0.717, 1.165) is 5.56 Å². The summed E-state index contributed by atoms with van der Waals surface area (Å²) in [6.45, 7) is 16.7. The van der Waals surface area contributed by atoms with Crippen molar-refractivity contribution in [2.75, 3.05) is 5.32 Å². The molecule has 5 nitrogen and oxygen atoms in total. The number of pyridine rings is 1. The van der Waals surface area contributed by atoms with Gasteiger partial charge >= 0.3 is 6.09 Å². The van der Waals surface area contributed by atoms with Crippen LogP contribution in [0.5, 0.6) is 0 Å². The predicted molar refractivity (Wildman–Crippen MR) is 101 cm³/mol. The highest BCUT2D eigenvalue weighted by atomic mass is 35.5. The summed E-state index contributed by atoms with van der Waals surface area (Å²) < 4.78 is 11.5. The molecule has 1 amide bonds. The van der Waals surface area contributed by atoms with Gasteiger partial charge in [-0.25, -0.2) is 9.78 Å². The molecule has 1 heterocycles. The van der Waals surface area contributed by atoms with Crippen LogP contribution in [0.3, 0.4) is 0 Å². The maximum absolute atomic E-state index is 12.0. The standard InChI is InChI=1S/C17H29ClN2O3Si/c1-16(2,3)23-15(21)20-14-12(9-10-13(18)19-14)11-22-24(7,8)17(4,5)6/h9-10H,11H2,1-8H3,(H,19,20,21). The van der Waals surface area contributed by atoms with Crippen molar-refractivity contribution >= 4 is 31.8 Å². The highest BCUT2D eigenvalue weighted by Gasteiger charge is 2.37. The summed E-state index contributed by atoms with van der Waals surface area (Å²) in [6.07, 6.45) is -0.564. The van der Waals surface area contributed by atoms with E-state index in [2.05, 4.69) is 44.2 Å². The molecule has 0 unspecified atom stereocenters. The van der Waals surface area contributed by atoms with E-state index in [9.17, 15) is 4.79 Å². The third-order valence-electron chi connectivity index (χ3n) is 3.96. The molecule has 0 saturated carbocycles. The predicted octanol–water partition coefficient (Wildman–Crippen LogP) is 5.60. The van der Waals surface area contributed by atoms with Crippen molar-refractivity contribution in [3.8, 4) is 0 Å². The molecule has 1 rings (SSSR count). The summed E-state index contributed by atoms with van der Waals surface area (Å²) in [5, 5.41) is 3.07. The minimum Gasteiger partial charge on any atom is -0.444 e. The van der Waals surface area contributed by atoms with E-state index < -0.39 is 20.0 Å². The third-order valence-corrected chi connectivity index (χ3v) is 8.65. The summed E-state index contributed by atoms with van der Waals surface area (Å²) in [6, 6.07) is 3.50. The highest BCUT2D eigenvalue weighted by molar-refractivity contribution is 6.74. The van der Waals surface area contributed by atoms with Gasteiger partial charge in [0.15, 0.2) is 8.32 Å². The van der Waals surface area contributed by atoms with Gasteiger partial charge in [0.2, 0.25) is 0 Å². The van der Waals surface area contributed by atoms with Crippen molar-refractivity contribution in [2.24, 2.45) is 0 Å². The van der Waals surface area contributed by atoms with Crippen LogP contribution in [0.2, 0.25) is 23.3 Å². The van der Waals surface area contributed by atoms with Crippen LogP contribution < -0.4 is 5.32 Å². The quantitative estimate of drug-likeness (QED) is 0.551. The number of hydrogen-bond acceptors (Lipinski definition) is 4. The van der Waals surface area contributed by atoms with Crippen LogP contribution in [-0.4, -0.2) is 25.0 Å². The third kappa shape index (κ3) is 6.41. The Morgan fingerprint density at radius 2 is 1.79 bits per heavy atom. The summed E-state index contributed by atoms with van der Waals surface area (Å²) in [5.41, 5.74) is 0.190. The normalized spacial score (nSPS) is 12.9. The Morgan fingerprint density at radius 3 is 2.29 bits per heavy atom. The van der Waals surface area contributed by atoms with E-state index in [1.165, 1.54) is 0 Å². The Labute approximate surface area is 151 Å². The number of halogens is 1. The summed E-state index contributed by atoms with van der Waals surface area (Å²) in [4.78, 5) is 16.2. The lowest BCUT2D eigenvalue weighted by molar-refractivity contribution is 0.0635. The Kier molecular flexibility index (Phi) is 6.47. The van der Waals surface area contributed by atoms with E-state index in [-0.39, 0.29) is 5.04 Å². The molecular formula is C17H29ClN2O3Si. The second kappa shape index (κ2) is 7.41. The van der Waals surface area contributed by atoms with Crippen LogP contribution in [-0.2, 0) is 15.8 Å². The van der Waals surface area contributed by atoms with E-state index in [4.69, 9.17) is 20.8 Å². The molecule has 1 aromatic rings. The van der Waals surface area contributed by atoms with E-state index in [0.29, 0.717) is 17.6 Å². The molecule has 1 aromatic heterocycles. The van der Waals surface area contributed by atoms with Crippen LogP contribution >= 0.6 is 11.6 Å². The minimum atomic E-state index is -1.91. The summed E-state index contributed by atoms with van der Waals surface area (Å²) in [5.74, 6) is 0.371. The Hall–Kier alpha value is -1.11. The van der Waals surface area contributed by atoms with Gasteiger partial charge in [0.25, 0.3) is 0 Å². The number of amides is 1. The van der Waals surface area contributed by atoms with Gasteiger partial charge in [-0.2, -0.15) is 0 Å². The van der Waals surface area contributed by atoms with Gasteiger partial charge in [-0.05, 0) is 51.0 Å². The second-order valence-corrected chi connectivity index (χ2v) is 13.5. The number of aromatic nitrogens is 1. The van der Waals surface area contributed by atoms with Crippen LogP contribution in [0.1, 0.15) is 47.1 Å². The van der Waals surface area contributed by atoms with Crippen molar-refractivity contribution in [2.45, 2.75) is 71.9 Å². The van der Waals surface area contributed by atoms with Crippen molar-refractivity contribution in [1.29, 1.82) is 0 Å². The van der Waals surface area contributed by atoms with Gasteiger partial charge in [0.05, 0.1) is 6.61 Å². The largest absolute Gasteiger partial charge is 0.444 e. The first kappa shape index (κ1) is 20.9. The lowest BCUT2D eigenvalue weighted by atomic mass is 10.2. The summed E-state index contributed by atoms with van der Waals surface area (Å²) >= 11 is 5.96. The van der Waals surface area contributed by atoms with Crippen LogP contribution in [0, 0.1) is 0 Å². The van der Waals surface area contributed by atoms with Gasteiger partial charge in [-0.3, -0.25) is 5.32 Å². The molecule has 0 spiro atoms. The van der Waals surface area contributed by atoms with E-state index in [1.807, 2.05) is 6.07 Å². The van der Waals surface area contributed by atoms with Gasteiger partial charge in [-0.15, -0.1) is 0 Å². The molecule has 0 aliphatic carbocycles. The molecule has 0 aliphatic heterocycles. The van der Waals surface area contributed by atoms with Crippen LogP contribution in [0.4, 0.5) is 10.6 Å². The maximum Gasteiger partial charge on any atom is 0.413 e. The number of ether oxygens (including phenoxy) is 1. The molecule has 24 heavy (non-hydrogen) atoms. The van der Waals surface area contributed by atoms with Gasteiger partial charge in [0.1, 0.15) is 16.6 Å². The van der Waals surface area contributed by atoms with Crippen molar-refractivity contribution in [3.63, 3.8) is 0 Å². The van der Waals surface area contributed by atoms with E-state index >= 15 is 0 Å². The molecule has 136 valence electrons. The monoisotopic (exact) mass is 372 g/mol. The number of nitrogens with zero attached hydrogens (tertiary/aromatic N) is 1. The Morgan fingerprint density at radius 1 is 1.21 bits per heavy atom. The number of nitrogens with one attached hydrogen (secondary N) is 1. The highest BCUT2D eigenvalue weighted by Crippen LogP contribution is 2.37. The van der Waals surface area contributed by atoms with Crippen LogP contribution in [0.15, 0.2) is 12.1 Å².